The largest absolute Gasteiger partial charge is 0.497 e. The average molecular weight is 479 g/mol. The number of benzene rings is 3. The van der Waals surface area contributed by atoms with E-state index in [1.807, 2.05) is 42.7 Å². The van der Waals surface area contributed by atoms with Gasteiger partial charge in [0.1, 0.15) is 5.75 Å². The van der Waals surface area contributed by atoms with Gasteiger partial charge in [-0.3, -0.25) is 4.72 Å². The molecule has 34 heavy (non-hydrogen) atoms. The van der Waals surface area contributed by atoms with E-state index in [2.05, 4.69) is 4.72 Å². The maximum Gasteiger partial charge on any atom is 0.340 e. The van der Waals surface area contributed by atoms with Crippen LogP contribution in [0.1, 0.15) is 28.5 Å². The lowest BCUT2D eigenvalue weighted by Crippen LogP contribution is -2.13. The first kappa shape index (κ1) is 23.4. The van der Waals surface area contributed by atoms with Crippen molar-refractivity contribution in [2.45, 2.75) is 25.7 Å². The number of nitrogens with zero attached hydrogens (tertiary/aromatic N) is 1. The number of anilines is 1. The monoisotopic (exact) mass is 478 g/mol. The summed E-state index contributed by atoms with van der Waals surface area (Å²) in [4.78, 5) is 13.1. The summed E-state index contributed by atoms with van der Waals surface area (Å²) < 4.78 is 41.0. The third-order valence-electron chi connectivity index (χ3n) is 5.61. The number of esters is 1. The van der Waals surface area contributed by atoms with Gasteiger partial charge in [0.25, 0.3) is 10.0 Å². The highest BCUT2D eigenvalue weighted by Gasteiger charge is 2.24. The first-order valence-electron chi connectivity index (χ1n) is 10.8. The number of fused-ring (bicyclic) bond motifs is 1. The number of nitrogens with one attached hydrogen (secondary N) is 1. The predicted octanol–water partition coefficient (Wildman–Crippen LogP) is 5.23. The van der Waals surface area contributed by atoms with Crippen LogP contribution in [0.3, 0.4) is 0 Å². The summed E-state index contributed by atoms with van der Waals surface area (Å²) in [5.41, 5.74) is 3.92. The number of carbonyl (C=O) groups excluding carboxylic acids is 1. The van der Waals surface area contributed by atoms with Gasteiger partial charge in [0.2, 0.25) is 0 Å². The summed E-state index contributed by atoms with van der Waals surface area (Å²) in [6.07, 6.45) is 0. The Morgan fingerprint density at radius 1 is 1.00 bits per heavy atom. The van der Waals surface area contributed by atoms with Gasteiger partial charge in [0.15, 0.2) is 0 Å². The minimum Gasteiger partial charge on any atom is -0.497 e. The van der Waals surface area contributed by atoms with Gasteiger partial charge in [-0.1, -0.05) is 18.2 Å². The molecule has 0 spiro atoms. The number of methoxy groups -OCH3 is 1. The maximum absolute atomic E-state index is 13.0. The number of sulfonamides is 1. The summed E-state index contributed by atoms with van der Waals surface area (Å²) in [6.45, 7) is 5.72. The molecular weight excluding hydrogens is 452 g/mol. The first-order chi connectivity index (χ1) is 16.3. The zero-order chi connectivity index (χ0) is 24.5. The minimum atomic E-state index is -3.79. The standard InChI is InChI=1S/C26H26N2O5S/c1-5-33-26(29)24-18(3)28(20-11-13-21(32-4)14-12-20)25-17(2)15-19(16-23(24)25)27-34(30,31)22-9-7-6-8-10-22/h6-16,27H,5H2,1-4H3. The van der Waals surface area contributed by atoms with Crippen LogP contribution in [0.15, 0.2) is 71.6 Å². The lowest BCUT2D eigenvalue weighted by Gasteiger charge is -2.13. The van der Waals surface area contributed by atoms with Gasteiger partial charge in [0, 0.05) is 22.5 Å². The van der Waals surface area contributed by atoms with Crippen LogP contribution in [0, 0.1) is 13.8 Å². The fourth-order valence-corrected chi connectivity index (χ4v) is 5.19. The Kier molecular flexibility index (Phi) is 6.34. The zero-order valence-electron chi connectivity index (χ0n) is 19.5. The number of hydrogen-bond donors (Lipinski definition) is 1. The van der Waals surface area contributed by atoms with Gasteiger partial charge in [-0.05, 0) is 74.9 Å². The fourth-order valence-electron chi connectivity index (χ4n) is 4.13. The summed E-state index contributed by atoms with van der Waals surface area (Å²) >= 11 is 0. The van der Waals surface area contributed by atoms with E-state index in [4.69, 9.17) is 9.47 Å². The molecule has 0 saturated heterocycles. The SMILES string of the molecule is CCOC(=O)c1c(C)n(-c2ccc(OC)cc2)c2c(C)cc(NS(=O)(=O)c3ccccc3)cc12. The summed E-state index contributed by atoms with van der Waals surface area (Å²) in [5, 5.41) is 0.609. The van der Waals surface area contributed by atoms with Crippen LogP contribution in [0.2, 0.25) is 0 Å². The quantitative estimate of drug-likeness (QED) is 0.368. The van der Waals surface area contributed by atoms with Crippen molar-refractivity contribution in [1.29, 1.82) is 0 Å². The van der Waals surface area contributed by atoms with Crippen molar-refractivity contribution in [3.05, 3.63) is 83.6 Å². The molecule has 0 amide bonds. The number of carbonyl (C=O) groups is 1. The second kappa shape index (κ2) is 9.23. The van der Waals surface area contributed by atoms with Gasteiger partial charge in [-0.2, -0.15) is 0 Å². The molecule has 0 aliphatic carbocycles. The Morgan fingerprint density at radius 3 is 2.29 bits per heavy atom. The predicted molar refractivity (Wildman–Crippen MR) is 133 cm³/mol. The lowest BCUT2D eigenvalue weighted by atomic mass is 10.1. The lowest BCUT2D eigenvalue weighted by molar-refractivity contribution is 0.0527. The van der Waals surface area contributed by atoms with Crippen LogP contribution >= 0.6 is 0 Å². The van der Waals surface area contributed by atoms with Crippen molar-refractivity contribution in [3.63, 3.8) is 0 Å². The molecule has 0 atom stereocenters. The summed E-state index contributed by atoms with van der Waals surface area (Å²) in [7, 11) is -2.19. The van der Waals surface area contributed by atoms with E-state index < -0.39 is 16.0 Å². The Hall–Kier alpha value is -3.78. The Balaban J connectivity index is 1.92. The van der Waals surface area contributed by atoms with Crippen LogP contribution in [0.4, 0.5) is 5.69 Å². The molecule has 0 unspecified atom stereocenters. The van der Waals surface area contributed by atoms with E-state index in [1.165, 1.54) is 12.1 Å². The Morgan fingerprint density at radius 2 is 1.68 bits per heavy atom. The summed E-state index contributed by atoms with van der Waals surface area (Å²) in [6, 6.07) is 19.1. The molecule has 4 aromatic rings. The fraction of sp³-hybridized carbons (Fsp3) is 0.192. The van der Waals surface area contributed by atoms with E-state index in [9.17, 15) is 13.2 Å². The smallest absolute Gasteiger partial charge is 0.340 e. The minimum absolute atomic E-state index is 0.158. The average Bonchev–Trinajstić information content (AvgIpc) is 3.12. The number of hydrogen-bond acceptors (Lipinski definition) is 5. The van der Waals surface area contributed by atoms with Crippen LogP contribution in [-0.4, -0.2) is 32.7 Å². The molecule has 0 saturated carbocycles. The topological polar surface area (TPSA) is 86.6 Å². The van der Waals surface area contributed by atoms with E-state index in [-0.39, 0.29) is 11.5 Å². The van der Waals surface area contributed by atoms with Crippen LogP contribution in [-0.2, 0) is 14.8 Å². The highest BCUT2D eigenvalue weighted by molar-refractivity contribution is 7.92. The highest BCUT2D eigenvalue weighted by Crippen LogP contribution is 2.35. The molecule has 8 heteroatoms. The highest BCUT2D eigenvalue weighted by atomic mass is 32.2. The normalized spacial score (nSPS) is 11.4. The van der Waals surface area contributed by atoms with Gasteiger partial charge in [-0.25, -0.2) is 13.2 Å². The van der Waals surface area contributed by atoms with Crippen LogP contribution in [0.25, 0.3) is 16.6 Å². The number of ether oxygens (including phenoxy) is 2. The number of rotatable bonds is 7. The molecule has 1 aromatic heterocycles. The molecule has 0 aliphatic rings. The maximum atomic E-state index is 13.0. The number of aryl methyl sites for hydroxylation is 1. The number of aromatic nitrogens is 1. The second-order valence-electron chi connectivity index (χ2n) is 7.82. The van der Waals surface area contributed by atoms with Gasteiger partial charge >= 0.3 is 5.97 Å². The Labute approximate surface area is 199 Å². The molecule has 7 nitrogen and oxygen atoms in total. The van der Waals surface area contributed by atoms with E-state index in [0.717, 1.165) is 22.5 Å². The van der Waals surface area contributed by atoms with Gasteiger partial charge in [0.05, 0.1) is 29.7 Å². The van der Waals surface area contributed by atoms with E-state index in [1.54, 1.807) is 44.4 Å². The van der Waals surface area contributed by atoms with Crippen molar-refractivity contribution in [2.24, 2.45) is 0 Å². The molecule has 0 radical (unpaired) electrons. The van der Waals surface area contributed by atoms with E-state index in [0.29, 0.717) is 22.3 Å². The van der Waals surface area contributed by atoms with Gasteiger partial charge < -0.3 is 14.0 Å². The molecule has 4 rings (SSSR count). The molecule has 0 fully saturated rings. The van der Waals surface area contributed by atoms with Crippen molar-refractivity contribution in [1.82, 2.24) is 4.57 Å². The molecule has 1 N–H and O–H groups in total. The molecule has 1 heterocycles. The van der Waals surface area contributed by atoms with Crippen molar-refractivity contribution in [2.75, 3.05) is 18.4 Å². The van der Waals surface area contributed by atoms with Crippen molar-refractivity contribution < 1.29 is 22.7 Å². The van der Waals surface area contributed by atoms with Crippen molar-refractivity contribution in [3.8, 4) is 11.4 Å². The second-order valence-corrected chi connectivity index (χ2v) is 9.50. The molecule has 0 bridgehead atoms. The first-order valence-corrected chi connectivity index (χ1v) is 12.3. The third-order valence-corrected chi connectivity index (χ3v) is 7.00. The van der Waals surface area contributed by atoms with Crippen LogP contribution in [0.5, 0.6) is 5.75 Å². The molecule has 3 aromatic carbocycles. The summed E-state index contributed by atoms with van der Waals surface area (Å²) in [5.74, 6) is 0.262. The molecule has 176 valence electrons. The molecule has 0 aliphatic heterocycles. The molecular formula is C26H26N2O5S. The third kappa shape index (κ3) is 4.24. The van der Waals surface area contributed by atoms with Gasteiger partial charge in [-0.15, -0.1) is 0 Å². The van der Waals surface area contributed by atoms with Crippen molar-refractivity contribution >= 4 is 32.6 Å². The Bertz CT molecular complexity index is 1460. The van der Waals surface area contributed by atoms with Crippen LogP contribution < -0.4 is 9.46 Å². The van der Waals surface area contributed by atoms with E-state index >= 15 is 0 Å². The zero-order valence-corrected chi connectivity index (χ0v) is 20.3.